The second-order valence-electron chi connectivity index (χ2n) is 5.61. The van der Waals surface area contributed by atoms with Crippen molar-refractivity contribution in [3.05, 3.63) is 53.1 Å². The van der Waals surface area contributed by atoms with E-state index in [9.17, 15) is 0 Å². The highest BCUT2D eigenvalue weighted by Gasteiger charge is 2.30. The zero-order valence-corrected chi connectivity index (χ0v) is 12.3. The Labute approximate surface area is 128 Å². The van der Waals surface area contributed by atoms with Crippen molar-refractivity contribution < 1.29 is 9.47 Å². The van der Waals surface area contributed by atoms with Crippen LogP contribution in [-0.2, 0) is 0 Å². The van der Waals surface area contributed by atoms with Crippen LogP contribution in [0.25, 0.3) is 0 Å². The van der Waals surface area contributed by atoms with Gasteiger partial charge in [-0.25, -0.2) is 0 Å². The topological polar surface area (TPSA) is 30.5 Å². The van der Waals surface area contributed by atoms with Gasteiger partial charge in [-0.1, -0.05) is 41.9 Å². The van der Waals surface area contributed by atoms with E-state index in [4.69, 9.17) is 21.1 Å². The van der Waals surface area contributed by atoms with Gasteiger partial charge < -0.3 is 14.8 Å². The number of hydrogen-bond acceptors (Lipinski definition) is 3. The van der Waals surface area contributed by atoms with E-state index in [-0.39, 0.29) is 6.79 Å². The molecule has 1 heterocycles. The van der Waals surface area contributed by atoms with Gasteiger partial charge in [0, 0.05) is 18.2 Å². The van der Waals surface area contributed by atoms with E-state index in [0.717, 1.165) is 30.0 Å². The highest BCUT2D eigenvalue weighted by molar-refractivity contribution is 6.33. The first-order chi connectivity index (χ1) is 10.3. The summed E-state index contributed by atoms with van der Waals surface area (Å²) < 4.78 is 10.7. The minimum atomic E-state index is 0.272. The summed E-state index contributed by atoms with van der Waals surface area (Å²) in [4.78, 5) is 0. The largest absolute Gasteiger partial charge is 0.454 e. The molecular formula is C17H16ClNO2. The van der Waals surface area contributed by atoms with Crippen LogP contribution < -0.4 is 14.8 Å². The summed E-state index contributed by atoms with van der Waals surface area (Å²) in [5, 5.41) is 4.19. The molecule has 0 spiro atoms. The molecule has 3 nitrogen and oxygen atoms in total. The molecule has 1 N–H and O–H groups in total. The average Bonchev–Trinajstić information content (AvgIpc) is 2.90. The van der Waals surface area contributed by atoms with Crippen molar-refractivity contribution in [3.8, 4) is 11.5 Å². The zero-order chi connectivity index (χ0) is 14.2. The Kier molecular flexibility index (Phi) is 3.15. The first-order valence-corrected chi connectivity index (χ1v) is 7.58. The SMILES string of the molecule is Clc1cc2c(cc1NC1CC(c3ccccc3)C1)OCO2. The molecule has 0 bridgehead atoms. The second-order valence-corrected chi connectivity index (χ2v) is 6.01. The van der Waals surface area contributed by atoms with E-state index in [2.05, 4.69) is 35.6 Å². The standard InChI is InChI=1S/C17H16ClNO2/c18-14-8-16-17(21-10-20-16)9-15(14)19-13-6-12(7-13)11-4-2-1-3-5-11/h1-5,8-9,12-13,19H,6-7,10H2. The monoisotopic (exact) mass is 301 g/mol. The lowest BCUT2D eigenvalue weighted by Gasteiger charge is -2.37. The Hall–Kier alpha value is -1.87. The van der Waals surface area contributed by atoms with Crippen LogP contribution in [0.15, 0.2) is 42.5 Å². The Morgan fingerprint density at radius 1 is 1.00 bits per heavy atom. The van der Waals surface area contributed by atoms with Crippen LogP contribution in [0.1, 0.15) is 24.3 Å². The van der Waals surface area contributed by atoms with E-state index >= 15 is 0 Å². The van der Waals surface area contributed by atoms with Crippen LogP contribution in [0.4, 0.5) is 5.69 Å². The quantitative estimate of drug-likeness (QED) is 0.910. The fourth-order valence-corrected chi connectivity index (χ4v) is 3.19. The minimum absolute atomic E-state index is 0.272. The summed E-state index contributed by atoms with van der Waals surface area (Å²) in [6.45, 7) is 0.272. The third-order valence-electron chi connectivity index (χ3n) is 4.23. The molecule has 2 aliphatic rings. The third-order valence-corrected chi connectivity index (χ3v) is 4.54. The van der Waals surface area contributed by atoms with Gasteiger partial charge in [-0.3, -0.25) is 0 Å². The molecular weight excluding hydrogens is 286 g/mol. The molecule has 1 saturated carbocycles. The van der Waals surface area contributed by atoms with Crippen LogP contribution in [0.2, 0.25) is 5.02 Å². The van der Waals surface area contributed by atoms with E-state index in [1.165, 1.54) is 5.56 Å². The van der Waals surface area contributed by atoms with Crippen LogP contribution in [-0.4, -0.2) is 12.8 Å². The van der Waals surface area contributed by atoms with Gasteiger partial charge in [-0.15, -0.1) is 0 Å². The number of rotatable bonds is 3. The van der Waals surface area contributed by atoms with Crippen LogP contribution in [0.3, 0.4) is 0 Å². The zero-order valence-electron chi connectivity index (χ0n) is 11.5. The molecule has 0 saturated heterocycles. The molecule has 2 aromatic rings. The first-order valence-electron chi connectivity index (χ1n) is 7.20. The normalized spacial score (nSPS) is 22.7. The van der Waals surface area contributed by atoms with Crippen molar-refractivity contribution in [1.29, 1.82) is 0 Å². The van der Waals surface area contributed by atoms with Gasteiger partial charge in [0.25, 0.3) is 0 Å². The lowest BCUT2D eigenvalue weighted by atomic mass is 9.76. The van der Waals surface area contributed by atoms with Crippen LogP contribution in [0, 0.1) is 0 Å². The Bertz CT molecular complexity index is 653. The maximum Gasteiger partial charge on any atom is 0.231 e. The molecule has 108 valence electrons. The van der Waals surface area contributed by atoms with Crippen molar-refractivity contribution in [3.63, 3.8) is 0 Å². The van der Waals surface area contributed by atoms with Gasteiger partial charge in [0.2, 0.25) is 6.79 Å². The maximum atomic E-state index is 6.29. The summed E-state index contributed by atoms with van der Waals surface area (Å²) in [5.74, 6) is 2.14. The molecule has 1 aliphatic heterocycles. The van der Waals surface area contributed by atoms with E-state index in [1.54, 1.807) is 0 Å². The number of fused-ring (bicyclic) bond motifs is 1. The molecule has 4 heteroatoms. The van der Waals surface area contributed by atoms with Crippen LogP contribution >= 0.6 is 11.6 Å². The highest BCUT2D eigenvalue weighted by Crippen LogP contribution is 2.43. The van der Waals surface area contributed by atoms with E-state index < -0.39 is 0 Å². The smallest absolute Gasteiger partial charge is 0.231 e. The number of ether oxygens (including phenoxy) is 2. The minimum Gasteiger partial charge on any atom is -0.454 e. The molecule has 2 aromatic carbocycles. The Morgan fingerprint density at radius 2 is 1.71 bits per heavy atom. The number of nitrogens with one attached hydrogen (secondary N) is 1. The molecule has 21 heavy (non-hydrogen) atoms. The first kappa shape index (κ1) is 12.8. The van der Waals surface area contributed by atoms with E-state index in [0.29, 0.717) is 17.0 Å². The summed E-state index contributed by atoms with van der Waals surface area (Å²) in [6, 6.07) is 14.9. The fraction of sp³-hybridized carbons (Fsp3) is 0.294. The van der Waals surface area contributed by atoms with Gasteiger partial charge in [0.15, 0.2) is 11.5 Å². The van der Waals surface area contributed by atoms with Gasteiger partial charge in [0.05, 0.1) is 10.7 Å². The highest BCUT2D eigenvalue weighted by atomic mass is 35.5. The molecule has 0 unspecified atom stereocenters. The van der Waals surface area contributed by atoms with Gasteiger partial charge >= 0.3 is 0 Å². The number of hydrogen-bond donors (Lipinski definition) is 1. The third kappa shape index (κ3) is 2.42. The summed E-state index contributed by atoms with van der Waals surface area (Å²) >= 11 is 6.29. The molecule has 0 atom stereocenters. The molecule has 0 radical (unpaired) electrons. The fourth-order valence-electron chi connectivity index (χ4n) is 2.98. The molecule has 4 rings (SSSR count). The van der Waals surface area contributed by atoms with Crippen molar-refractivity contribution in [2.24, 2.45) is 0 Å². The summed E-state index contributed by atoms with van der Waals surface area (Å²) in [7, 11) is 0. The lowest BCUT2D eigenvalue weighted by Crippen LogP contribution is -2.34. The number of anilines is 1. The summed E-state index contributed by atoms with van der Waals surface area (Å²) in [5.41, 5.74) is 2.35. The van der Waals surface area contributed by atoms with Crippen molar-refractivity contribution in [2.45, 2.75) is 24.8 Å². The molecule has 1 fully saturated rings. The van der Waals surface area contributed by atoms with Gasteiger partial charge in [0.1, 0.15) is 0 Å². The Morgan fingerprint density at radius 3 is 2.48 bits per heavy atom. The molecule has 1 aliphatic carbocycles. The van der Waals surface area contributed by atoms with Crippen molar-refractivity contribution in [2.75, 3.05) is 12.1 Å². The second kappa shape index (κ2) is 5.15. The van der Waals surface area contributed by atoms with Crippen molar-refractivity contribution >= 4 is 17.3 Å². The predicted molar refractivity (Wildman–Crippen MR) is 83.4 cm³/mol. The molecule has 0 amide bonds. The lowest BCUT2D eigenvalue weighted by molar-refractivity contribution is 0.174. The predicted octanol–water partition coefficient (Wildman–Crippen LogP) is 4.43. The number of benzene rings is 2. The van der Waals surface area contributed by atoms with E-state index in [1.807, 2.05) is 12.1 Å². The maximum absolute atomic E-state index is 6.29. The number of halogens is 1. The van der Waals surface area contributed by atoms with Crippen LogP contribution in [0.5, 0.6) is 11.5 Å². The average molecular weight is 302 g/mol. The van der Waals surface area contributed by atoms with Gasteiger partial charge in [-0.2, -0.15) is 0 Å². The van der Waals surface area contributed by atoms with Gasteiger partial charge in [-0.05, 0) is 24.3 Å². The Balaban J connectivity index is 1.42. The van der Waals surface area contributed by atoms with Crippen molar-refractivity contribution in [1.82, 2.24) is 0 Å². The summed E-state index contributed by atoms with van der Waals surface area (Å²) in [6.07, 6.45) is 2.27. The molecule has 0 aromatic heterocycles.